The Kier molecular flexibility index (Phi) is 3.64. The van der Waals surface area contributed by atoms with Crippen LogP contribution >= 0.6 is 0 Å². The quantitative estimate of drug-likeness (QED) is 0.819. The molecule has 7 nitrogen and oxygen atoms in total. The molecule has 22 heavy (non-hydrogen) atoms. The fourth-order valence-electron chi connectivity index (χ4n) is 3.39. The summed E-state index contributed by atoms with van der Waals surface area (Å²) in [7, 11) is 2.54. The van der Waals surface area contributed by atoms with Gasteiger partial charge in [-0.05, 0) is 12.8 Å². The van der Waals surface area contributed by atoms with E-state index in [0.29, 0.717) is 0 Å². The minimum Gasteiger partial charge on any atom is -0.491 e. The van der Waals surface area contributed by atoms with Gasteiger partial charge in [0.2, 0.25) is 5.43 Å². The molecule has 2 atom stereocenters. The molecule has 1 aromatic heterocycles. The predicted octanol–water partition coefficient (Wildman–Crippen LogP) is 0.871. The molecule has 1 aliphatic carbocycles. The molecule has 0 radical (unpaired) electrons. The van der Waals surface area contributed by atoms with Crippen LogP contribution in [0.1, 0.15) is 52.6 Å². The van der Waals surface area contributed by atoms with Gasteiger partial charge in [0, 0.05) is 12.2 Å². The van der Waals surface area contributed by atoms with Gasteiger partial charge >= 0.3 is 5.97 Å². The predicted molar refractivity (Wildman–Crippen MR) is 77.4 cm³/mol. The summed E-state index contributed by atoms with van der Waals surface area (Å²) in [5.74, 6) is -1.17. The molecule has 1 aromatic rings. The lowest BCUT2D eigenvalue weighted by Crippen LogP contribution is -2.50. The van der Waals surface area contributed by atoms with Crippen LogP contribution in [0.5, 0.6) is 5.75 Å². The second-order valence-corrected chi connectivity index (χ2v) is 5.58. The number of fused-ring (bicyclic) bond motifs is 3. The number of hydrogen-bond donors (Lipinski definition) is 1. The molecule has 1 N–H and O–H groups in total. The summed E-state index contributed by atoms with van der Waals surface area (Å²) >= 11 is 0. The van der Waals surface area contributed by atoms with Crippen LogP contribution in [-0.2, 0) is 4.74 Å². The highest BCUT2D eigenvalue weighted by Gasteiger charge is 2.38. The molecule has 0 spiro atoms. The summed E-state index contributed by atoms with van der Waals surface area (Å²) in [4.78, 5) is 36.6. The third kappa shape index (κ3) is 2.08. The van der Waals surface area contributed by atoms with Gasteiger partial charge < -0.3 is 19.4 Å². The number of hydrogen-bond acceptors (Lipinski definition) is 5. The molecular formula is C15H18N2O5. The summed E-state index contributed by atoms with van der Waals surface area (Å²) in [6.07, 6.45) is 5.30. The lowest BCUT2D eigenvalue weighted by atomic mass is 9.87. The number of ether oxygens (including phenoxy) is 2. The van der Waals surface area contributed by atoms with Gasteiger partial charge in [0.1, 0.15) is 5.56 Å². The standard InChI is InChI=1S/C15H18N2O5/c1-21-13-11-14(19)16-9-5-3-4-6-10(9)17(11)7-8(12(13)18)15(20)22-2/h7,9-10H,3-6H2,1-2H3,(H,16,19)/t9-,10+/m1/s1. The molecule has 7 heteroatoms. The van der Waals surface area contributed by atoms with Crippen molar-refractivity contribution >= 4 is 11.9 Å². The summed E-state index contributed by atoms with van der Waals surface area (Å²) in [5.41, 5.74) is -0.546. The number of carbonyl (C=O) groups excluding carboxylic acids is 2. The van der Waals surface area contributed by atoms with Gasteiger partial charge in [0.25, 0.3) is 5.91 Å². The van der Waals surface area contributed by atoms with Crippen LogP contribution in [0.4, 0.5) is 0 Å². The number of esters is 1. The van der Waals surface area contributed by atoms with E-state index in [-0.39, 0.29) is 35.0 Å². The zero-order valence-electron chi connectivity index (χ0n) is 12.5. The molecule has 0 aromatic carbocycles. The maximum Gasteiger partial charge on any atom is 0.343 e. The summed E-state index contributed by atoms with van der Waals surface area (Å²) < 4.78 is 11.5. The number of rotatable bonds is 2. The van der Waals surface area contributed by atoms with Crippen molar-refractivity contribution in [3.63, 3.8) is 0 Å². The number of nitrogens with zero attached hydrogens (tertiary/aromatic N) is 1. The van der Waals surface area contributed by atoms with Crippen LogP contribution in [0.2, 0.25) is 0 Å². The van der Waals surface area contributed by atoms with Crippen molar-refractivity contribution in [2.45, 2.75) is 37.8 Å². The maximum absolute atomic E-state index is 12.4. The Balaban J connectivity index is 2.24. The lowest BCUT2D eigenvalue weighted by molar-refractivity contribution is 0.0594. The van der Waals surface area contributed by atoms with E-state index in [1.54, 1.807) is 4.57 Å². The number of aromatic nitrogens is 1. The zero-order valence-corrected chi connectivity index (χ0v) is 12.5. The first kappa shape index (κ1) is 14.6. The van der Waals surface area contributed by atoms with Crippen molar-refractivity contribution in [2.24, 2.45) is 0 Å². The zero-order chi connectivity index (χ0) is 15.9. The second-order valence-electron chi connectivity index (χ2n) is 5.58. The van der Waals surface area contributed by atoms with Gasteiger partial charge in [-0.15, -0.1) is 0 Å². The first-order valence-electron chi connectivity index (χ1n) is 7.30. The number of carbonyl (C=O) groups is 2. The van der Waals surface area contributed by atoms with Gasteiger partial charge in [-0.25, -0.2) is 4.79 Å². The average Bonchev–Trinajstić information content (AvgIpc) is 2.54. The second kappa shape index (κ2) is 5.47. The van der Waals surface area contributed by atoms with E-state index in [2.05, 4.69) is 10.1 Å². The lowest BCUT2D eigenvalue weighted by Gasteiger charge is -2.39. The largest absolute Gasteiger partial charge is 0.491 e. The molecule has 1 fully saturated rings. The van der Waals surface area contributed by atoms with Crippen molar-refractivity contribution in [3.8, 4) is 5.75 Å². The van der Waals surface area contributed by atoms with Gasteiger partial charge in [0.15, 0.2) is 11.4 Å². The third-order valence-corrected chi connectivity index (χ3v) is 4.42. The van der Waals surface area contributed by atoms with E-state index in [1.807, 2.05) is 0 Å². The first-order chi connectivity index (χ1) is 10.6. The molecule has 0 bridgehead atoms. The molecule has 0 saturated heterocycles. The Labute approximate surface area is 127 Å². The van der Waals surface area contributed by atoms with Crippen LogP contribution in [0.25, 0.3) is 0 Å². The van der Waals surface area contributed by atoms with E-state index in [4.69, 9.17) is 4.74 Å². The van der Waals surface area contributed by atoms with E-state index in [9.17, 15) is 14.4 Å². The maximum atomic E-state index is 12.4. The monoisotopic (exact) mass is 306 g/mol. The van der Waals surface area contributed by atoms with Crippen molar-refractivity contribution in [1.82, 2.24) is 9.88 Å². The van der Waals surface area contributed by atoms with Crippen molar-refractivity contribution in [2.75, 3.05) is 14.2 Å². The molecule has 3 rings (SSSR count). The minimum absolute atomic E-state index is 0.0199. The Bertz CT molecular complexity index is 694. The number of amides is 1. The van der Waals surface area contributed by atoms with E-state index in [0.717, 1.165) is 25.7 Å². The van der Waals surface area contributed by atoms with Gasteiger partial charge in [-0.2, -0.15) is 0 Å². The highest BCUT2D eigenvalue weighted by atomic mass is 16.5. The molecule has 2 aliphatic rings. The molecule has 0 unspecified atom stereocenters. The SMILES string of the molecule is COC(=O)c1cn2c(c(OC)c1=O)C(=O)N[C@@H]1CCCC[C@@H]12. The smallest absolute Gasteiger partial charge is 0.343 e. The first-order valence-corrected chi connectivity index (χ1v) is 7.30. The minimum atomic E-state index is -0.725. The molecule has 1 saturated carbocycles. The van der Waals surface area contributed by atoms with Crippen LogP contribution in [-0.4, -0.2) is 36.7 Å². The van der Waals surface area contributed by atoms with Crippen LogP contribution < -0.4 is 15.5 Å². The highest BCUT2D eigenvalue weighted by molar-refractivity contribution is 5.98. The van der Waals surface area contributed by atoms with Gasteiger partial charge in [0.05, 0.1) is 20.3 Å². The number of nitrogens with one attached hydrogen (secondary N) is 1. The Morgan fingerprint density at radius 2 is 2.00 bits per heavy atom. The number of pyridine rings is 1. The van der Waals surface area contributed by atoms with E-state index < -0.39 is 11.4 Å². The van der Waals surface area contributed by atoms with Crippen molar-refractivity contribution in [3.05, 3.63) is 27.7 Å². The average molecular weight is 306 g/mol. The van der Waals surface area contributed by atoms with Gasteiger partial charge in [-0.1, -0.05) is 12.8 Å². The van der Waals surface area contributed by atoms with Crippen molar-refractivity contribution in [1.29, 1.82) is 0 Å². The van der Waals surface area contributed by atoms with Crippen LogP contribution in [0.15, 0.2) is 11.0 Å². The fourth-order valence-corrected chi connectivity index (χ4v) is 3.39. The molecule has 1 amide bonds. The molecule has 2 heterocycles. The summed E-state index contributed by atoms with van der Waals surface area (Å²) in [6, 6.07) is 0.0470. The normalized spacial score (nSPS) is 23.1. The fraction of sp³-hybridized carbons (Fsp3) is 0.533. The Morgan fingerprint density at radius 3 is 2.68 bits per heavy atom. The Morgan fingerprint density at radius 1 is 1.27 bits per heavy atom. The summed E-state index contributed by atoms with van der Waals surface area (Å²) in [6.45, 7) is 0. The topological polar surface area (TPSA) is 86.6 Å². The molecule has 1 aliphatic heterocycles. The van der Waals surface area contributed by atoms with Crippen molar-refractivity contribution < 1.29 is 19.1 Å². The molecular weight excluding hydrogens is 288 g/mol. The highest BCUT2D eigenvalue weighted by Crippen LogP contribution is 2.34. The van der Waals surface area contributed by atoms with E-state index >= 15 is 0 Å². The Hall–Kier alpha value is -2.31. The number of methoxy groups -OCH3 is 2. The molecule has 118 valence electrons. The third-order valence-electron chi connectivity index (χ3n) is 4.42. The van der Waals surface area contributed by atoms with Crippen LogP contribution in [0, 0.1) is 0 Å². The summed E-state index contributed by atoms with van der Waals surface area (Å²) in [5, 5.41) is 2.94. The van der Waals surface area contributed by atoms with E-state index in [1.165, 1.54) is 20.4 Å². The van der Waals surface area contributed by atoms with Crippen LogP contribution in [0.3, 0.4) is 0 Å². The van der Waals surface area contributed by atoms with Gasteiger partial charge in [-0.3, -0.25) is 9.59 Å².